The SMILES string of the molecule is COc1ccc(NS(=O)(=O)c2cc(NC(=O)C3CCCCC3)ccc2C)cc1. The molecule has 6 nitrogen and oxygen atoms in total. The van der Waals surface area contributed by atoms with Gasteiger partial charge in [0.25, 0.3) is 10.0 Å². The van der Waals surface area contributed by atoms with Crippen LogP contribution < -0.4 is 14.8 Å². The highest BCUT2D eigenvalue weighted by atomic mass is 32.2. The Morgan fingerprint density at radius 2 is 1.64 bits per heavy atom. The van der Waals surface area contributed by atoms with Gasteiger partial charge in [-0.15, -0.1) is 0 Å². The molecular formula is C21H26N2O4S. The van der Waals surface area contributed by atoms with E-state index in [0.717, 1.165) is 25.7 Å². The Bertz CT molecular complexity index is 933. The van der Waals surface area contributed by atoms with Crippen LogP contribution in [0.4, 0.5) is 11.4 Å². The van der Waals surface area contributed by atoms with Crippen molar-refractivity contribution in [2.75, 3.05) is 17.1 Å². The number of carbonyl (C=O) groups is 1. The van der Waals surface area contributed by atoms with Gasteiger partial charge in [0.05, 0.1) is 12.0 Å². The van der Waals surface area contributed by atoms with Gasteiger partial charge >= 0.3 is 0 Å². The molecule has 28 heavy (non-hydrogen) atoms. The van der Waals surface area contributed by atoms with Crippen molar-refractivity contribution in [2.45, 2.75) is 43.9 Å². The second-order valence-electron chi connectivity index (χ2n) is 7.14. The summed E-state index contributed by atoms with van der Waals surface area (Å²) in [6.07, 6.45) is 5.09. The molecule has 0 unspecified atom stereocenters. The van der Waals surface area contributed by atoms with Crippen molar-refractivity contribution in [3.05, 3.63) is 48.0 Å². The molecular weight excluding hydrogens is 376 g/mol. The van der Waals surface area contributed by atoms with Crippen molar-refractivity contribution in [1.82, 2.24) is 0 Å². The highest BCUT2D eigenvalue weighted by Gasteiger charge is 2.22. The Kier molecular flexibility index (Phi) is 6.24. The van der Waals surface area contributed by atoms with Crippen molar-refractivity contribution in [3.8, 4) is 5.75 Å². The highest BCUT2D eigenvalue weighted by Crippen LogP contribution is 2.27. The number of amides is 1. The fourth-order valence-corrected chi connectivity index (χ4v) is 4.78. The minimum atomic E-state index is -3.79. The molecule has 0 saturated heterocycles. The van der Waals surface area contributed by atoms with Crippen LogP contribution in [-0.4, -0.2) is 21.4 Å². The molecule has 0 aliphatic heterocycles. The number of methoxy groups -OCH3 is 1. The van der Waals surface area contributed by atoms with Crippen molar-refractivity contribution in [1.29, 1.82) is 0 Å². The summed E-state index contributed by atoms with van der Waals surface area (Å²) in [6, 6.07) is 11.6. The molecule has 0 atom stereocenters. The first-order valence-corrected chi connectivity index (χ1v) is 11.0. The van der Waals surface area contributed by atoms with E-state index < -0.39 is 10.0 Å². The topological polar surface area (TPSA) is 84.5 Å². The van der Waals surface area contributed by atoms with E-state index in [1.807, 2.05) is 0 Å². The van der Waals surface area contributed by atoms with E-state index in [1.54, 1.807) is 50.4 Å². The second-order valence-corrected chi connectivity index (χ2v) is 8.79. The molecule has 1 aliphatic carbocycles. The van der Waals surface area contributed by atoms with Crippen LogP contribution in [0.2, 0.25) is 0 Å². The molecule has 3 rings (SSSR count). The van der Waals surface area contributed by atoms with E-state index in [0.29, 0.717) is 22.7 Å². The van der Waals surface area contributed by atoms with Crippen molar-refractivity contribution < 1.29 is 17.9 Å². The summed E-state index contributed by atoms with van der Waals surface area (Å²) in [5.74, 6) is 0.620. The van der Waals surface area contributed by atoms with E-state index in [-0.39, 0.29) is 16.7 Å². The highest BCUT2D eigenvalue weighted by molar-refractivity contribution is 7.92. The van der Waals surface area contributed by atoms with Gasteiger partial charge in [0.15, 0.2) is 0 Å². The quantitative estimate of drug-likeness (QED) is 0.753. The predicted octanol–water partition coefficient (Wildman–Crippen LogP) is 4.32. The largest absolute Gasteiger partial charge is 0.497 e. The third-order valence-electron chi connectivity index (χ3n) is 5.06. The number of sulfonamides is 1. The number of carbonyl (C=O) groups excluding carboxylic acids is 1. The van der Waals surface area contributed by atoms with E-state index in [4.69, 9.17) is 4.74 Å². The first-order valence-electron chi connectivity index (χ1n) is 9.47. The van der Waals surface area contributed by atoms with Crippen LogP contribution in [0.5, 0.6) is 5.75 Å². The summed E-state index contributed by atoms with van der Waals surface area (Å²) >= 11 is 0. The summed E-state index contributed by atoms with van der Waals surface area (Å²) in [5.41, 5.74) is 1.55. The molecule has 2 N–H and O–H groups in total. The third kappa shape index (κ3) is 4.84. The van der Waals surface area contributed by atoms with Gasteiger partial charge in [-0.25, -0.2) is 8.42 Å². The summed E-state index contributed by atoms with van der Waals surface area (Å²) in [7, 11) is -2.24. The number of anilines is 2. The number of ether oxygens (including phenoxy) is 1. The average molecular weight is 403 g/mol. The van der Waals surface area contributed by atoms with Crippen LogP contribution in [-0.2, 0) is 14.8 Å². The zero-order valence-electron chi connectivity index (χ0n) is 16.2. The van der Waals surface area contributed by atoms with Gasteiger partial charge in [0.2, 0.25) is 5.91 Å². The van der Waals surface area contributed by atoms with Crippen LogP contribution in [0.15, 0.2) is 47.4 Å². The van der Waals surface area contributed by atoms with Gasteiger partial charge in [-0.3, -0.25) is 9.52 Å². The molecule has 0 bridgehead atoms. The lowest BCUT2D eigenvalue weighted by Crippen LogP contribution is -2.25. The lowest BCUT2D eigenvalue weighted by molar-refractivity contribution is -0.120. The van der Waals surface area contributed by atoms with Crippen LogP contribution in [0.3, 0.4) is 0 Å². The van der Waals surface area contributed by atoms with Gasteiger partial charge < -0.3 is 10.1 Å². The van der Waals surface area contributed by atoms with Crippen LogP contribution in [0, 0.1) is 12.8 Å². The average Bonchev–Trinajstić information content (AvgIpc) is 2.70. The molecule has 1 saturated carbocycles. The normalized spacial score (nSPS) is 15.1. The fourth-order valence-electron chi connectivity index (χ4n) is 3.45. The smallest absolute Gasteiger partial charge is 0.262 e. The van der Waals surface area contributed by atoms with Crippen LogP contribution in [0.1, 0.15) is 37.7 Å². The molecule has 150 valence electrons. The molecule has 2 aromatic carbocycles. The van der Waals surface area contributed by atoms with Gasteiger partial charge in [0.1, 0.15) is 5.75 Å². The molecule has 2 aromatic rings. The maximum atomic E-state index is 12.9. The van der Waals surface area contributed by atoms with Gasteiger partial charge in [-0.1, -0.05) is 25.3 Å². The zero-order valence-corrected chi connectivity index (χ0v) is 17.0. The first-order chi connectivity index (χ1) is 13.4. The number of rotatable bonds is 6. The lowest BCUT2D eigenvalue weighted by Gasteiger charge is -2.21. The summed E-state index contributed by atoms with van der Waals surface area (Å²) in [5, 5.41) is 2.88. The zero-order chi connectivity index (χ0) is 20.1. The fraction of sp³-hybridized carbons (Fsp3) is 0.381. The Morgan fingerprint density at radius 1 is 1.00 bits per heavy atom. The molecule has 1 fully saturated rings. The predicted molar refractivity (Wildman–Crippen MR) is 110 cm³/mol. The summed E-state index contributed by atoms with van der Waals surface area (Å²) in [6.45, 7) is 1.73. The van der Waals surface area contributed by atoms with Crippen LogP contribution in [0.25, 0.3) is 0 Å². The van der Waals surface area contributed by atoms with Crippen molar-refractivity contribution in [2.24, 2.45) is 5.92 Å². The van der Waals surface area contributed by atoms with Gasteiger partial charge in [-0.2, -0.15) is 0 Å². The summed E-state index contributed by atoms with van der Waals surface area (Å²) < 4.78 is 33.4. The number of nitrogens with one attached hydrogen (secondary N) is 2. The second kappa shape index (κ2) is 8.65. The monoisotopic (exact) mass is 402 g/mol. The molecule has 0 heterocycles. The van der Waals surface area contributed by atoms with Crippen molar-refractivity contribution >= 4 is 27.3 Å². The first kappa shape index (κ1) is 20.2. The number of benzene rings is 2. The number of aryl methyl sites for hydroxylation is 1. The third-order valence-corrected chi connectivity index (χ3v) is 6.59. The maximum absolute atomic E-state index is 12.9. The molecule has 0 radical (unpaired) electrons. The summed E-state index contributed by atoms with van der Waals surface area (Å²) in [4.78, 5) is 12.6. The van der Waals surface area contributed by atoms with Gasteiger partial charge in [-0.05, 0) is 61.7 Å². The minimum Gasteiger partial charge on any atom is -0.497 e. The van der Waals surface area contributed by atoms with Gasteiger partial charge in [0, 0.05) is 17.3 Å². The van der Waals surface area contributed by atoms with Crippen molar-refractivity contribution in [3.63, 3.8) is 0 Å². The molecule has 1 amide bonds. The van der Waals surface area contributed by atoms with E-state index in [2.05, 4.69) is 10.0 Å². The van der Waals surface area contributed by atoms with E-state index >= 15 is 0 Å². The lowest BCUT2D eigenvalue weighted by atomic mass is 9.88. The Hall–Kier alpha value is -2.54. The molecule has 7 heteroatoms. The van der Waals surface area contributed by atoms with Crippen LogP contribution >= 0.6 is 0 Å². The molecule has 1 aliphatic rings. The molecule has 0 spiro atoms. The van der Waals surface area contributed by atoms with E-state index in [9.17, 15) is 13.2 Å². The molecule has 0 aromatic heterocycles. The minimum absolute atomic E-state index is 0.00698. The number of hydrogen-bond acceptors (Lipinski definition) is 4. The Balaban J connectivity index is 1.78. The van der Waals surface area contributed by atoms with E-state index in [1.165, 1.54) is 12.5 Å². The Labute approximate surface area is 166 Å². The maximum Gasteiger partial charge on any atom is 0.262 e. The standard InChI is InChI=1S/C21H26N2O4S/c1-15-8-9-18(22-21(24)16-6-4-3-5-7-16)14-20(15)28(25,26)23-17-10-12-19(27-2)13-11-17/h8-14,16,23H,3-7H2,1-2H3,(H,22,24). The number of hydrogen-bond donors (Lipinski definition) is 2. The Morgan fingerprint density at radius 3 is 2.29 bits per heavy atom.